The van der Waals surface area contributed by atoms with E-state index in [0.29, 0.717) is 6.04 Å². The van der Waals surface area contributed by atoms with Gasteiger partial charge >= 0.3 is 0 Å². The van der Waals surface area contributed by atoms with Crippen molar-refractivity contribution in [2.75, 3.05) is 26.2 Å². The van der Waals surface area contributed by atoms with Crippen LogP contribution >= 0.6 is 0 Å². The molecule has 2 nitrogen and oxygen atoms in total. The number of nitrogens with one attached hydrogen (secondary N) is 1. The number of hydrogen-bond donors (Lipinski definition) is 1. The van der Waals surface area contributed by atoms with Crippen LogP contribution in [0.25, 0.3) is 11.1 Å². The largest absolute Gasteiger partial charge is 0.314 e. The Kier molecular flexibility index (Phi) is 4.56. The Bertz CT molecular complexity index is 752. The molecule has 1 atom stereocenters. The Morgan fingerprint density at radius 1 is 0.846 bits per heavy atom. The van der Waals surface area contributed by atoms with Crippen molar-refractivity contribution in [1.82, 2.24) is 10.2 Å². The molecule has 2 fully saturated rings. The van der Waals surface area contributed by atoms with Crippen molar-refractivity contribution in [3.8, 4) is 11.1 Å². The maximum atomic E-state index is 3.54. The smallest absolute Gasteiger partial charge is 0.0377 e. The molecule has 0 radical (unpaired) electrons. The van der Waals surface area contributed by atoms with E-state index in [0.717, 1.165) is 25.4 Å². The van der Waals surface area contributed by atoms with Gasteiger partial charge < -0.3 is 5.32 Å². The van der Waals surface area contributed by atoms with Crippen LogP contribution in [0.3, 0.4) is 0 Å². The highest BCUT2D eigenvalue weighted by Gasteiger charge is 2.31. The Hall–Kier alpha value is -1.64. The highest BCUT2D eigenvalue weighted by atomic mass is 15.2. The number of rotatable bonds is 3. The summed E-state index contributed by atoms with van der Waals surface area (Å²) in [5.74, 6) is 0.837. The van der Waals surface area contributed by atoms with Gasteiger partial charge in [0.2, 0.25) is 0 Å². The zero-order valence-electron chi connectivity index (χ0n) is 15.7. The number of hydrogen-bond acceptors (Lipinski definition) is 2. The van der Waals surface area contributed by atoms with E-state index >= 15 is 0 Å². The van der Waals surface area contributed by atoms with Gasteiger partial charge in [-0.2, -0.15) is 0 Å². The molecule has 5 rings (SSSR count). The molecule has 2 aliphatic carbocycles. The zero-order valence-corrected chi connectivity index (χ0v) is 15.7. The van der Waals surface area contributed by atoms with E-state index in [-0.39, 0.29) is 0 Å². The van der Waals surface area contributed by atoms with Gasteiger partial charge in [-0.3, -0.25) is 4.90 Å². The molecule has 0 aromatic heterocycles. The molecule has 2 aromatic carbocycles. The van der Waals surface area contributed by atoms with Gasteiger partial charge in [-0.15, -0.1) is 0 Å². The van der Waals surface area contributed by atoms with Crippen LogP contribution in [0.2, 0.25) is 0 Å². The van der Waals surface area contributed by atoms with Gasteiger partial charge in [0.25, 0.3) is 0 Å². The van der Waals surface area contributed by atoms with Gasteiger partial charge in [0, 0.05) is 32.2 Å². The van der Waals surface area contributed by atoms with Gasteiger partial charge in [-0.25, -0.2) is 0 Å². The van der Waals surface area contributed by atoms with Crippen LogP contribution in [0.15, 0.2) is 42.5 Å². The minimum absolute atomic E-state index is 0.617. The van der Waals surface area contributed by atoms with Crippen LogP contribution in [0, 0.1) is 5.92 Å². The van der Waals surface area contributed by atoms with Crippen LogP contribution in [0.5, 0.6) is 0 Å². The van der Waals surface area contributed by atoms with Crippen molar-refractivity contribution in [2.45, 2.75) is 44.6 Å². The lowest BCUT2D eigenvalue weighted by Crippen LogP contribution is -2.47. The van der Waals surface area contributed by atoms with Gasteiger partial charge in [-0.05, 0) is 53.0 Å². The molecule has 1 saturated carbocycles. The lowest BCUT2D eigenvalue weighted by Gasteiger charge is -2.41. The van der Waals surface area contributed by atoms with Crippen molar-refractivity contribution in [2.24, 2.45) is 5.92 Å². The van der Waals surface area contributed by atoms with Crippen LogP contribution in [0.1, 0.15) is 54.8 Å². The topological polar surface area (TPSA) is 15.3 Å². The maximum absolute atomic E-state index is 3.54. The Balaban J connectivity index is 1.49. The molecular formula is C24H30N2. The summed E-state index contributed by atoms with van der Waals surface area (Å²) in [7, 11) is 0. The van der Waals surface area contributed by atoms with E-state index in [1.165, 1.54) is 61.9 Å². The first-order chi connectivity index (χ1) is 12.9. The fourth-order valence-electron chi connectivity index (χ4n) is 5.54. The first kappa shape index (κ1) is 16.5. The molecular weight excluding hydrogens is 316 g/mol. The van der Waals surface area contributed by atoms with Gasteiger partial charge in [0.15, 0.2) is 0 Å². The molecule has 0 bridgehead atoms. The molecule has 1 aliphatic heterocycles. The SMILES string of the molecule is c1ccc2c(c1)Cc1cc([C@H](C3CCCCC3)N3CCNCC3)ccc1-2. The molecule has 2 aromatic rings. The minimum Gasteiger partial charge on any atom is -0.314 e. The van der Waals surface area contributed by atoms with Crippen molar-refractivity contribution >= 4 is 0 Å². The predicted octanol–water partition coefficient (Wildman–Crippen LogP) is 4.78. The molecule has 26 heavy (non-hydrogen) atoms. The monoisotopic (exact) mass is 346 g/mol. The number of fused-ring (bicyclic) bond motifs is 3. The van der Waals surface area contributed by atoms with E-state index in [4.69, 9.17) is 0 Å². The summed E-state index contributed by atoms with van der Waals surface area (Å²) >= 11 is 0. The Morgan fingerprint density at radius 2 is 1.62 bits per heavy atom. The third-order valence-electron chi connectivity index (χ3n) is 6.80. The lowest BCUT2D eigenvalue weighted by atomic mass is 9.79. The fourth-order valence-corrected chi connectivity index (χ4v) is 5.54. The van der Waals surface area contributed by atoms with Crippen LogP contribution in [-0.4, -0.2) is 31.1 Å². The molecule has 0 amide bonds. The molecule has 1 N–H and O–H groups in total. The molecule has 3 aliphatic rings. The van der Waals surface area contributed by atoms with Crippen molar-refractivity contribution in [1.29, 1.82) is 0 Å². The molecule has 2 heteroatoms. The summed E-state index contributed by atoms with van der Waals surface area (Å²) in [5, 5.41) is 3.54. The number of piperazine rings is 1. The van der Waals surface area contributed by atoms with Crippen molar-refractivity contribution in [3.63, 3.8) is 0 Å². The predicted molar refractivity (Wildman–Crippen MR) is 108 cm³/mol. The Morgan fingerprint density at radius 3 is 2.46 bits per heavy atom. The summed E-state index contributed by atoms with van der Waals surface area (Å²) in [6.45, 7) is 4.66. The summed E-state index contributed by atoms with van der Waals surface area (Å²) in [6.07, 6.45) is 8.20. The molecule has 1 heterocycles. The molecule has 1 saturated heterocycles. The van der Waals surface area contributed by atoms with Gasteiger partial charge in [-0.1, -0.05) is 61.7 Å². The van der Waals surface area contributed by atoms with E-state index in [1.54, 1.807) is 11.1 Å². The van der Waals surface area contributed by atoms with E-state index in [2.05, 4.69) is 52.7 Å². The maximum Gasteiger partial charge on any atom is 0.0377 e. The third-order valence-corrected chi connectivity index (χ3v) is 6.80. The van der Waals surface area contributed by atoms with Crippen molar-refractivity contribution < 1.29 is 0 Å². The summed E-state index contributed by atoms with van der Waals surface area (Å²) in [5.41, 5.74) is 7.53. The molecule has 0 unspecified atom stereocenters. The van der Waals surface area contributed by atoms with Crippen LogP contribution in [-0.2, 0) is 6.42 Å². The normalized spacial score (nSPS) is 22.0. The highest BCUT2D eigenvalue weighted by Crippen LogP contribution is 2.42. The summed E-state index contributed by atoms with van der Waals surface area (Å²) < 4.78 is 0. The van der Waals surface area contributed by atoms with Gasteiger partial charge in [0.1, 0.15) is 0 Å². The molecule has 0 spiro atoms. The quantitative estimate of drug-likeness (QED) is 0.734. The average molecular weight is 347 g/mol. The van der Waals surface area contributed by atoms with Crippen LogP contribution < -0.4 is 5.32 Å². The van der Waals surface area contributed by atoms with Crippen molar-refractivity contribution in [3.05, 3.63) is 59.2 Å². The highest BCUT2D eigenvalue weighted by molar-refractivity contribution is 5.77. The number of benzene rings is 2. The molecule has 136 valence electrons. The lowest BCUT2D eigenvalue weighted by molar-refractivity contribution is 0.103. The second-order valence-corrected chi connectivity index (χ2v) is 8.38. The van der Waals surface area contributed by atoms with Gasteiger partial charge in [0.05, 0.1) is 0 Å². The number of nitrogens with zero attached hydrogens (tertiary/aromatic N) is 1. The van der Waals surface area contributed by atoms with E-state index in [9.17, 15) is 0 Å². The summed E-state index contributed by atoms with van der Waals surface area (Å²) in [4.78, 5) is 2.77. The second kappa shape index (κ2) is 7.17. The average Bonchev–Trinajstić information content (AvgIpc) is 3.08. The Labute approximate surface area is 157 Å². The first-order valence-electron chi connectivity index (χ1n) is 10.6. The standard InChI is InChI=1S/C24H30N2/c1-2-6-18(7-3-1)24(26-14-12-25-13-15-26)20-10-11-23-21(17-20)16-19-8-4-5-9-22(19)23/h4-5,8-11,17-18,24-25H,1-3,6-7,12-16H2/t24-/m0/s1. The third kappa shape index (κ3) is 3.00. The fraction of sp³-hybridized carbons (Fsp3) is 0.500. The second-order valence-electron chi connectivity index (χ2n) is 8.38. The minimum atomic E-state index is 0.617. The van der Waals surface area contributed by atoms with E-state index < -0.39 is 0 Å². The summed E-state index contributed by atoms with van der Waals surface area (Å²) in [6, 6.07) is 17.0. The van der Waals surface area contributed by atoms with E-state index in [1.807, 2.05) is 0 Å². The van der Waals surface area contributed by atoms with Crippen LogP contribution in [0.4, 0.5) is 0 Å². The zero-order chi connectivity index (χ0) is 17.3. The first-order valence-corrected chi connectivity index (χ1v) is 10.6.